The quantitative estimate of drug-likeness (QED) is 0.628. The zero-order valence-electron chi connectivity index (χ0n) is 13.7. The molecule has 1 unspecified atom stereocenters. The molecule has 122 valence electrons. The minimum absolute atomic E-state index is 0. The molecule has 1 heterocycles. The molecule has 1 aliphatic rings. The summed E-state index contributed by atoms with van der Waals surface area (Å²) in [6.45, 7) is 4.17. The maximum atomic E-state index is 12.9. The summed E-state index contributed by atoms with van der Waals surface area (Å²) in [7, 11) is 0. The number of rotatable bonds is 5. The minimum atomic E-state index is -0.298. The molecule has 0 amide bonds. The average Bonchev–Trinajstić information content (AvgIpc) is 2.91. The summed E-state index contributed by atoms with van der Waals surface area (Å²) in [6, 6.07) is 11.4. The number of hydrogen-bond acceptors (Lipinski definition) is 3. The fourth-order valence-electron chi connectivity index (χ4n) is 2.30. The molecule has 1 fully saturated rings. The summed E-state index contributed by atoms with van der Waals surface area (Å²) in [4.78, 5) is 0. The predicted octanol–water partition coefficient (Wildman–Crippen LogP) is 1.99. The van der Waals surface area contributed by atoms with Gasteiger partial charge >= 0.3 is 68.9 Å². The van der Waals surface area contributed by atoms with Gasteiger partial charge in [0.25, 0.3) is 0 Å². The molecule has 0 spiro atoms. The molecule has 1 aliphatic heterocycles. The zero-order chi connectivity index (χ0) is 16.2. The molecule has 24 heavy (non-hydrogen) atoms. The number of halogens is 2. The van der Waals surface area contributed by atoms with Crippen LogP contribution in [0.15, 0.2) is 42.5 Å². The molecule has 0 bridgehead atoms. The van der Waals surface area contributed by atoms with Crippen LogP contribution in [0.1, 0.15) is 18.9 Å². The van der Waals surface area contributed by atoms with Gasteiger partial charge in [0.15, 0.2) is 6.29 Å². The Hall–Kier alpha value is 0.272. The topological polar surface area (TPSA) is 27.7 Å². The van der Waals surface area contributed by atoms with E-state index in [1.165, 1.54) is 12.1 Å². The van der Waals surface area contributed by atoms with E-state index >= 15 is 0 Å². The minimum Gasteiger partial charge on any atom is -0.520 e. The van der Waals surface area contributed by atoms with Crippen molar-refractivity contribution in [1.29, 1.82) is 0 Å². The standard InChI is InChI=1S/C18H17ClFO3.Cs/c1-12-6-18(22-10-12)23-17-8-14(19)7-16(9-17)21-11-13-2-4-15(20)5-3-13;/h2-5,7-10,12,18H,6,11H2,1H3;/q-1;+1/t12-,18?;/m1./s1. The molecule has 2 atom stereocenters. The van der Waals surface area contributed by atoms with Crippen LogP contribution in [0, 0.1) is 18.3 Å². The Kier molecular flexibility index (Phi) is 8.43. The average molecular weight is 469 g/mol. The first-order valence-corrected chi connectivity index (χ1v) is 7.79. The van der Waals surface area contributed by atoms with Gasteiger partial charge in [0, 0.05) is 11.1 Å². The van der Waals surface area contributed by atoms with E-state index in [1.807, 2.05) is 0 Å². The molecule has 6 heteroatoms. The molecule has 1 saturated heterocycles. The SMILES string of the molecule is C[C@H]1[CH-]OC(Oc2cc(Cl)cc(OCc3ccc(F)cc3)c2)C1.[Cs+]. The summed E-state index contributed by atoms with van der Waals surface area (Å²) in [5, 5.41) is 0.520. The number of hydrogen-bond donors (Lipinski definition) is 0. The fourth-order valence-corrected chi connectivity index (χ4v) is 2.51. The van der Waals surface area contributed by atoms with Crippen LogP contribution in [0.3, 0.4) is 0 Å². The zero-order valence-corrected chi connectivity index (χ0v) is 20.7. The maximum Gasteiger partial charge on any atom is 1.00 e. The molecular weight excluding hydrogens is 452 g/mol. The van der Waals surface area contributed by atoms with Crippen LogP contribution in [0.2, 0.25) is 5.02 Å². The van der Waals surface area contributed by atoms with Crippen LogP contribution in [0.25, 0.3) is 0 Å². The summed E-state index contributed by atoms with van der Waals surface area (Å²) >= 11 is 6.11. The van der Waals surface area contributed by atoms with E-state index in [4.69, 9.17) is 25.8 Å². The summed E-state index contributed by atoms with van der Waals surface area (Å²) < 4.78 is 29.8. The molecule has 0 N–H and O–H groups in total. The van der Waals surface area contributed by atoms with Gasteiger partial charge < -0.3 is 14.2 Å². The van der Waals surface area contributed by atoms with Gasteiger partial charge in [-0.05, 0) is 36.2 Å². The third-order valence-corrected chi connectivity index (χ3v) is 3.68. The Balaban J connectivity index is 0.00000208. The van der Waals surface area contributed by atoms with Crippen LogP contribution >= 0.6 is 11.6 Å². The summed E-state index contributed by atoms with van der Waals surface area (Å²) in [6.07, 6.45) is 0.506. The molecule has 2 aromatic rings. The van der Waals surface area contributed by atoms with Crippen molar-refractivity contribution in [3.05, 3.63) is 65.5 Å². The Morgan fingerprint density at radius 1 is 1.21 bits per heavy atom. The molecule has 2 aromatic carbocycles. The summed E-state index contributed by atoms with van der Waals surface area (Å²) in [5.74, 6) is 1.29. The Morgan fingerprint density at radius 3 is 2.58 bits per heavy atom. The first-order chi connectivity index (χ1) is 11.1. The van der Waals surface area contributed by atoms with Crippen molar-refractivity contribution < 1.29 is 87.5 Å². The van der Waals surface area contributed by atoms with Crippen LogP contribution < -0.4 is 78.4 Å². The summed E-state index contributed by atoms with van der Waals surface area (Å²) in [5.41, 5.74) is 0.872. The van der Waals surface area contributed by atoms with Gasteiger partial charge in [-0.3, -0.25) is 0 Å². The first kappa shape index (κ1) is 20.6. The Bertz CT molecular complexity index is 666. The third-order valence-electron chi connectivity index (χ3n) is 3.46. The monoisotopic (exact) mass is 468 g/mol. The van der Waals surface area contributed by atoms with Crippen molar-refractivity contribution in [3.63, 3.8) is 0 Å². The normalized spacial score (nSPS) is 19.6. The van der Waals surface area contributed by atoms with Gasteiger partial charge in [-0.2, -0.15) is 0 Å². The van der Waals surface area contributed by atoms with Crippen LogP contribution in [0.4, 0.5) is 4.39 Å². The van der Waals surface area contributed by atoms with Gasteiger partial charge in [0.2, 0.25) is 0 Å². The van der Waals surface area contributed by atoms with Gasteiger partial charge in [-0.15, -0.1) is 5.92 Å². The Morgan fingerprint density at radius 2 is 1.92 bits per heavy atom. The van der Waals surface area contributed by atoms with Crippen molar-refractivity contribution in [2.75, 3.05) is 0 Å². The van der Waals surface area contributed by atoms with E-state index in [2.05, 4.69) is 6.92 Å². The van der Waals surface area contributed by atoms with E-state index in [0.717, 1.165) is 12.0 Å². The first-order valence-electron chi connectivity index (χ1n) is 7.42. The second-order valence-corrected chi connectivity index (χ2v) is 6.01. The third kappa shape index (κ3) is 6.21. The van der Waals surface area contributed by atoms with Crippen molar-refractivity contribution >= 4 is 11.6 Å². The van der Waals surface area contributed by atoms with Crippen LogP contribution in [0.5, 0.6) is 11.5 Å². The molecule has 0 aliphatic carbocycles. The van der Waals surface area contributed by atoms with Gasteiger partial charge in [0.05, 0.1) is 0 Å². The molecular formula is C18H17ClCsFO3. The maximum absolute atomic E-state index is 12.9. The molecule has 0 radical (unpaired) electrons. The van der Waals surface area contributed by atoms with E-state index < -0.39 is 0 Å². The van der Waals surface area contributed by atoms with Gasteiger partial charge in [0.1, 0.15) is 23.9 Å². The largest absolute Gasteiger partial charge is 1.00 e. The molecule has 3 rings (SSSR count). The number of benzene rings is 2. The molecule has 3 nitrogen and oxygen atoms in total. The van der Waals surface area contributed by atoms with Crippen molar-refractivity contribution in [2.45, 2.75) is 26.2 Å². The van der Waals surface area contributed by atoms with Gasteiger partial charge in [-0.1, -0.05) is 30.7 Å². The fraction of sp³-hybridized carbons (Fsp3) is 0.278. The molecule has 0 saturated carbocycles. The van der Waals surface area contributed by atoms with Crippen LogP contribution in [-0.2, 0) is 11.3 Å². The van der Waals surface area contributed by atoms with Crippen molar-refractivity contribution in [3.8, 4) is 11.5 Å². The number of ether oxygens (including phenoxy) is 3. The second-order valence-electron chi connectivity index (χ2n) is 5.57. The smallest absolute Gasteiger partial charge is 0.520 e. The van der Waals surface area contributed by atoms with Gasteiger partial charge in [-0.25, -0.2) is 11.0 Å². The van der Waals surface area contributed by atoms with Crippen molar-refractivity contribution in [1.82, 2.24) is 0 Å². The Labute approximate surface area is 205 Å². The van der Waals surface area contributed by atoms with Crippen molar-refractivity contribution in [2.24, 2.45) is 5.92 Å². The second kappa shape index (κ2) is 9.83. The predicted molar refractivity (Wildman–Crippen MR) is 85.8 cm³/mol. The van der Waals surface area contributed by atoms with E-state index in [0.29, 0.717) is 29.0 Å². The van der Waals surface area contributed by atoms with E-state index in [9.17, 15) is 4.39 Å². The van der Waals surface area contributed by atoms with Crippen LogP contribution in [-0.4, -0.2) is 6.29 Å². The molecule has 0 aromatic heterocycles. The van der Waals surface area contributed by atoms with E-state index in [-0.39, 0.29) is 81.0 Å². The van der Waals surface area contributed by atoms with E-state index in [1.54, 1.807) is 36.9 Å².